The number of hydrogen-bond donors (Lipinski definition) is 0. The van der Waals surface area contributed by atoms with E-state index in [1.807, 2.05) is 0 Å². The van der Waals surface area contributed by atoms with E-state index in [0.29, 0.717) is 15.0 Å². The average molecular weight is 363 g/mol. The number of fused-ring (bicyclic) bond motifs is 1. The van der Waals surface area contributed by atoms with E-state index in [1.54, 1.807) is 22.8 Å². The molecule has 0 bridgehead atoms. The van der Waals surface area contributed by atoms with E-state index >= 15 is 0 Å². The normalized spacial score (nSPS) is 11.8. The molecule has 0 N–H and O–H groups in total. The SMILES string of the molecule is C=CCn1c(=NC(=O)c2ccc([N+](=O)[O-])s2)sc2cccc(F)c21. The van der Waals surface area contributed by atoms with Crippen LogP contribution in [-0.4, -0.2) is 15.4 Å². The lowest BCUT2D eigenvalue weighted by atomic mass is 10.3. The van der Waals surface area contributed by atoms with Gasteiger partial charge >= 0.3 is 5.00 Å². The molecule has 0 saturated carbocycles. The monoisotopic (exact) mass is 363 g/mol. The van der Waals surface area contributed by atoms with Crippen molar-refractivity contribution in [3.05, 3.63) is 68.6 Å². The third-order valence-electron chi connectivity index (χ3n) is 3.14. The molecule has 9 heteroatoms. The molecule has 3 aromatic rings. The molecule has 0 fully saturated rings. The zero-order valence-electron chi connectivity index (χ0n) is 12.1. The highest BCUT2D eigenvalue weighted by Crippen LogP contribution is 2.25. The predicted octanol–water partition coefficient (Wildman–Crippen LogP) is 3.74. The second-order valence-electron chi connectivity index (χ2n) is 4.68. The van der Waals surface area contributed by atoms with E-state index in [2.05, 4.69) is 11.6 Å². The van der Waals surface area contributed by atoms with E-state index in [-0.39, 0.29) is 16.4 Å². The van der Waals surface area contributed by atoms with Crippen LogP contribution in [-0.2, 0) is 6.54 Å². The van der Waals surface area contributed by atoms with Gasteiger partial charge in [0.05, 0.1) is 15.1 Å². The number of halogens is 1. The summed E-state index contributed by atoms with van der Waals surface area (Å²) in [5, 5.41) is 10.6. The molecule has 2 aromatic heterocycles. The van der Waals surface area contributed by atoms with Crippen molar-refractivity contribution < 1.29 is 14.1 Å². The van der Waals surface area contributed by atoms with E-state index in [4.69, 9.17) is 0 Å². The highest BCUT2D eigenvalue weighted by atomic mass is 32.1. The number of amides is 1. The minimum absolute atomic E-state index is 0.130. The Bertz CT molecular complexity index is 1030. The van der Waals surface area contributed by atoms with Crippen LogP contribution in [0.25, 0.3) is 10.2 Å². The van der Waals surface area contributed by atoms with Gasteiger partial charge in [0.15, 0.2) is 4.80 Å². The van der Waals surface area contributed by atoms with Gasteiger partial charge in [-0.25, -0.2) is 4.39 Å². The molecule has 3 rings (SSSR count). The summed E-state index contributed by atoms with van der Waals surface area (Å²) in [6.45, 7) is 3.92. The van der Waals surface area contributed by atoms with Gasteiger partial charge in [-0.05, 0) is 18.2 Å². The van der Waals surface area contributed by atoms with Crippen LogP contribution >= 0.6 is 22.7 Å². The quantitative estimate of drug-likeness (QED) is 0.402. The lowest BCUT2D eigenvalue weighted by Gasteiger charge is -2.01. The number of nitrogens with zero attached hydrogens (tertiary/aromatic N) is 3. The van der Waals surface area contributed by atoms with Crippen LogP contribution in [0.4, 0.5) is 9.39 Å². The summed E-state index contributed by atoms with van der Waals surface area (Å²) in [6, 6.07) is 7.28. The smallest absolute Gasteiger partial charge is 0.310 e. The van der Waals surface area contributed by atoms with E-state index in [0.717, 1.165) is 11.3 Å². The van der Waals surface area contributed by atoms with Crippen molar-refractivity contribution >= 4 is 43.8 Å². The molecule has 0 radical (unpaired) electrons. The molecule has 0 saturated heterocycles. The summed E-state index contributed by atoms with van der Waals surface area (Å²) in [5.41, 5.74) is 0.353. The number of para-hydroxylation sites is 1. The maximum atomic E-state index is 14.1. The van der Waals surface area contributed by atoms with Crippen molar-refractivity contribution in [2.24, 2.45) is 4.99 Å². The van der Waals surface area contributed by atoms with Crippen LogP contribution in [0.15, 0.2) is 48.0 Å². The summed E-state index contributed by atoms with van der Waals surface area (Å²) in [4.78, 5) is 26.9. The molecule has 0 unspecified atom stereocenters. The Labute approximate surface area is 143 Å². The zero-order chi connectivity index (χ0) is 17.3. The number of allylic oxidation sites excluding steroid dienone is 1. The summed E-state index contributed by atoms with van der Waals surface area (Å²) in [5.74, 6) is -1.01. The van der Waals surface area contributed by atoms with Gasteiger partial charge in [0.25, 0.3) is 5.91 Å². The van der Waals surface area contributed by atoms with Crippen molar-refractivity contribution in [3.63, 3.8) is 0 Å². The van der Waals surface area contributed by atoms with Crippen molar-refractivity contribution in [1.29, 1.82) is 0 Å². The summed E-state index contributed by atoms with van der Waals surface area (Å²) >= 11 is 1.93. The van der Waals surface area contributed by atoms with Crippen molar-refractivity contribution in [3.8, 4) is 0 Å². The molecule has 1 aromatic carbocycles. The topological polar surface area (TPSA) is 77.5 Å². The number of carbonyl (C=O) groups excluding carboxylic acids is 1. The largest absolute Gasteiger partial charge is 0.324 e. The molecular formula is C15H10FN3O3S2. The minimum Gasteiger partial charge on any atom is -0.310 e. The number of carbonyl (C=O) groups is 1. The van der Waals surface area contributed by atoms with Gasteiger partial charge in [-0.3, -0.25) is 14.9 Å². The molecule has 0 aliphatic heterocycles. The van der Waals surface area contributed by atoms with E-state index in [1.165, 1.54) is 29.5 Å². The minimum atomic E-state index is -0.599. The van der Waals surface area contributed by atoms with Crippen LogP contribution in [0.5, 0.6) is 0 Å². The highest BCUT2D eigenvalue weighted by Gasteiger charge is 2.16. The first-order valence-electron chi connectivity index (χ1n) is 6.73. The number of aromatic nitrogens is 1. The zero-order valence-corrected chi connectivity index (χ0v) is 13.8. The first-order valence-corrected chi connectivity index (χ1v) is 8.36. The fourth-order valence-corrected chi connectivity index (χ4v) is 3.91. The third kappa shape index (κ3) is 2.91. The van der Waals surface area contributed by atoms with Crippen LogP contribution in [0.2, 0.25) is 0 Å². The fourth-order valence-electron chi connectivity index (χ4n) is 2.15. The number of nitro groups is 1. The lowest BCUT2D eigenvalue weighted by Crippen LogP contribution is -2.16. The Hall–Kier alpha value is -2.65. The first-order chi connectivity index (χ1) is 11.5. The summed E-state index contributed by atoms with van der Waals surface area (Å²) in [7, 11) is 0. The number of benzene rings is 1. The van der Waals surface area contributed by atoms with Crippen LogP contribution in [0.3, 0.4) is 0 Å². The van der Waals surface area contributed by atoms with Gasteiger partial charge < -0.3 is 4.57 Å². The number of thiophene rings is 1. The molecule has 122 valence electrons. The number of rotatable bonds is 4. The second kappa shape index (κ2) is 6.46. The molecule has 0 aliphatic carbocycles. The van der Waals surface area contributed by atoms with E-state index in [9.17, 15) is 19.3 Å². The van der Waals surface area contributed by atoms with Gasteiger partial charge in [-0.1, -0.05) is 34.8 Å². The summed E-state index contributed by atoms with van der Waals surface area (Å²) in [6.07, 6.45) is 1.58. The third-order valence-corrected chi connectivity index (χ3v) is 5.21. The Balaban J connectivity index is 2.13. The van der Waals surface area contributed by atoms with Crippen LogP contribution in [0, 0.1) is 15.9 Å². The maximum absolute atomic E-state index is 14.1. The average Bonchev–Trinajstić information content (AvgIpc) is 3.14. The fraction of sp³-hybridized carbons (Fsp3) is 0.0667. The van der Waals surface area contributed by atoms with Crippen molar-refractivity contribution in [1.82, 2.24) is 4.57 Å². The predicted molar refractivity (Wildman–Crippen MR) is 90.8 cm³/mol. The van der Waals surface area contributed by atoms with Gasteiger partial charge in [0.1, 0.15) is 10.7 Å². The molecule has 24 heavy (non-hydrogen) atoms. The number of thiazole rings is 1. The second-order valence-corrected chi connectivity index (χ2v) is 6.75. The highest BCUT2D eigenvalue weighted by molar-refractivity contribution is 7.17. The van der Waals surface area contributed by atoms with Gasteiger partial charge in [0.2, 0.25) is 0 Å². The van der Waals surface area contributed by atoms with Gasteiger partial charge in [-0.15, -0.1) is 6.58 Å². The Kier molecular flexibility index (Phi) is 4.36. The number of hydrogen-bond acceptors (Lipinski definition) is 5. The standard InChI is InChI=1S/C15H10FN3O3S2/c1-2-8-18-13-9(16)4-3-5-10(13)24-15(18)17-14(20)11-6-7-12(23-11)19(21)22/h2-7H,1,8H2. The molecule has 6 nitrogen and oxygen atoms in total. The molecular weight excluding hydrogens is 353 g/mol. The Morgan fingerprint density at radius 2 is 2.17 bits per heavy atom. The van der Waals surface area contributed by atoms with Gasteiger partial charge in [-0.2, -0.15) is 4.99 Å². The van der Waals surface area contributed by atoms with Gasteiger partial charge in [0, 0.05) is 12.6 Å². The lowest BCUT2D eigenvalue weighted by molar-refractivity contribution is -0.380. The Morgan fingerprint density at radius 1 is 1.38 bits per heavy atom. The molecule has 1 amide bonds. The van der Waals surface area contributed by atoms with Crippen LogP contribution < -0.4 is 4.80 Å². The summed E-state index contributed by atoms with van der Waals surface area (Å²) < 4.78 is 16.3. The first kappa shape index (κ1) is 16.2. The molecule has 0 spiro atoms. The van der Waals surface area contributed by atoms with Crippen LogP contribution in [0.1, 0.15) is 9.67 Å². The Morgan fingerprint density at radius 3 is 2.83 bits per heavy atom. The molecule has 2 heterocycles. The van der Waals surface area contributed by atoms with E-state index < -0.39 is 16.6 Å². The van der Waals surface area contributed by atoms with Crippen molar-refractivity contribution in [2.75, 3.05) is 0 Å². The molecule has 0 atom stereocenters. The maximum Gasteiger partial charge on any atom is 0.324 e. The molecule has 0 aliphatic rings. The van der Waals surface area contributed by atoms with Crippen molar-refractivity contribution in [2.45, 2.75) is 6.54 Å².